The lowest BCUT2D eigenvalue weighted by Crippen LogP contribution is -2.31. The average Bonchev–Trinajstić information content (AvgIpc) is 3.34. The van der Waals surface area contributed by atoms with E-state index < -0.39 is 0 Å². The van der Waals surface area contributed by atoms with E-state index in [9.17, 15) is 4.79 Å². The largest absolute Gasteiger partial charge is 0.383 e. The summed E-state index contributed by atoms with van der Waals surface area (Å²) in [6.07, 6.45) is 4.85. The third-order valence-electron chi connectivity index (χ3n) is 7.54. The van der Waals surface area contributed by atoms with Gasteiger partial charge < -0.3 is 11.1 Å². The second-order valence-electron chi connectivity index (χ2n) is 9.79. The van der Waals surface area contributed by atoms with Crippen LogP contribution in [0.15, 0.2) is 60.9 Å². The zero-order valence-electron chi connectivity index (χ0n) is 21.0. The van der Waals surface area contributed by atoms with Gasteiger partial charge in [0.1, 0.15) is 17.8 Å². The molecule has 3 aromatic heterocycles. The number of amides is 1. The zero-order valence-corrected chi connectivity index (χ0v) is 21.0. The molecule has 0 bridgehead atoms. The first-order valence-corrected chi connectivity index (χ1v) is 12.7. The molecule has 8 nitrogen and oxygen atoms in total. The molecule has 186 valence electrons. The molecule has 0 radical (unpaired) electrons. The Bertz CT molecular complexity index is 1620. The van der Waals surface area contributed by atoms with E-state index >= 15 is 0 Å². The summed E-state index contributed by atoms with van der Waals surface area (Å²) in [5.41, 5.74) is 12.9. The van der Waals surface area contributed by atoms with Crippen molar-refractivity contribution in [1.82, 2.24) is 30.0 Å². The van der Waals surface area contributed by atoms with Crippen LogP contribution in [0.1, 0.15) is 37.3 Å². The van der Waals surface area contributed by atoms with Gasteiger partial charge in [-0.25, -0.2) is 19.6 Å². The van der Waals surface area contributed by atoms with Gasteiger partial charge in [-0.15, -0.1) is 0 Å². The minimum absolute atomic E-state index is 0.0517. The Morgan fingerprint density at radius 2 is 1.78 bits per heavy atom. The van der Waals surface area contributed by atoms with Gasteiger partial charge >= 0.3 is 0 Å². The number of nitrogens with two attached hydrogens (primary N) is 1. The van der Waals surface area contributed by atoms with Crippen LogP contribution in [-0.2, 0) is 4.79 Å². The average molecular weight is 492 g/mol. The topological polar surface area (TPSA) is 112 Å². The number of carbonyl (C=O) groups excluding carboxylic acids is 1. The summed E-state index contributed by atoms with van der Waals surface area (Å²) in [4.78, 5) is 26.0. The molecule has 1 fully saturated rings. The van der Waals surface area contributed by atoms with Gasteiger partial charge in [-0.2, -0.15) is 5.10 Å². The molecule has 5 aromatic rings. The van der Waals surface area contributed by atoms with E-state index in [2.05, 4.69) is 58.6 Å². The van der Waals surface area contributed by atoms with Crippen LogP contribution in [0.4, 0.5) is 5.82 Å². The minimum Gasteiger partial charge on any atom is -0.383 e. The van der Waals surface area contributed by atoms with E-state index in [1.807, 2.05) is 22.9 Å². The number of nitrogens with zero attached hydrogens (tertiary/aromatic N) is 5. The van der Waals surface area contributed by atoms with Crippen molar-refractivity contribution in [2.45, 2.75) is 38.6 Å². The maximum absolute atomic E-state index is 12.1. The Balaban J connectivity index is 1.44. The van der Waals surface area contributed by atoms with E-state index in [4.69, 9.17) is 15.8 Å². The van der Waals surface area contributed by atoms with Crippen LogP contribution in [0.2, 0.25) is 0 Å². The minimum atomic E-state index is 0.0517. The molecule has 1 amide bonds. The summed E-state index contributed by atoms with van der Waals surface area (Å²) in [6, 6.07) is 18.7. The highest BCUT2D eigenvalue weighted by atomic mass is 16.1. The first-order valence-electron chi connectivity index (χ1n) is 12.7. The fraction of sp³-hybridized carbons (Fsp3) is 0.276. The third kappa shape index (κ3) is 4.08. The van der Waals surface area contributed by atoms with Gasteiger partial charge in [-0.1, -0.05) is 42.5 Å². The van der Waals surface area contributed by atoms with E-state index in [0.29, 0.717) is 5.82 Å². The fourth-order valence-electron chi connectivity index (χ4n) is 5.55. The lowest BCUT2D eigenvalue weighted by atomic mass is 9.85. The second-order valence-corrected chi connectivity index (χ2v) is 9.79. The molecule has 1 aliphatic carbocycles. The number of carbonyl (C=O) groups is 1. The quantitative estimate of drug-likeness (QED) is 0.363. The summed E-state index contributed by atoms with van der Waals surface area (Å²) in [7, 11) is 1.70. The maximum atomic E-state index is 12.1. The van der Waals surface area contributed by atoms with Crippen LogP contribution < -0.4 is 11.1 Å². The number of fused-ring (bicyclic) bond motifs is 2. The normalized spacial score (nSPS) is 17.8. The van der Waals surface area contributed by atoms with E-state index in [0.717, 1.165) is 70.1 Å². The summed E-state index contributed by atoms with van der Waals surface area (Å²) in [5, 5.41) is 9.69. The molecular weight excluding hydrogens is 462 g/mol. The monoisotopic (exact) mass is 491 g/mol. The molecule has 2 aromatic carbocycles. The molecule has 0 atom stereocenters. The highest BCUT2D eigenvalue weighted by Gasteiger charge is 2.29. The number of nitrogen functional groups attached to an aromatic ring is 1. The summed E-state index contributed by atoms with van der Waals surface area (Å²) < 4.78 is 1.99. The van der Waals surface area contributed by atoms with E-state index in [-0.39, 0.29) is 17.9 Å². The van der Waals surface area contributed by atoms with Crippen molar-refractivity contribution >= 4 is 33.7 Å². The fourth-order valence-corrected chi connectivity index (χ4v) is 5.55. The Hall–Kier alpha value is -4.33. The molecule has 0 aliphatic heterocycles. The molecule has 1 saturated carbocycles. The van der Waals surface area contributed by atoms with Crippen molar-refractivity contribution in [3.05, 3.63) is 66.5 Å². The summed E-state index contributed by atoms with van der Waals surface area (Å²) in [5.74, 6) is 0.577. The van der Waals surface area contributed by atoms with Crippen molar-refractivity contribution < 1.29 is 4.79 Å². The molecule has 3 N–H and O–H groups in total. The number of aryl methyl sites for hydroxylation is 1. The summed E-state index contributed by atoms with van der Waals surface area (Å²) in [6.45, 7) is 2.11. The molecule has 0 saturated heterocycles. The molecule has 0 unspecified atom stereocenters. The van der Waals surface area contributed by atoms with E-state index in [1.165, 1.54) is 11.9 Å². The van der Waals surface area contributed by atoms with Gasteiger partial charge in [0.05, 0.1) is 22.6 Å². The Morgan fingerprint density at radius 3 is 2.54 bits per heavy atom. The number of pyridine rings is 1. The number of rotatable bonds is 4. The smallest absolute Gasteiger partial charge is 0.222 e. The van der Waals surface area contributed by atoms with Crippen LogP contribution >= 0.6 is 0 Å². The van der Waals surface area contributed by atoms with Crippen molar-refractivity contribution in [2.24, 2.45) is 5.92 Å². The van der Waals surface area contributed by atoms with Gasteiger partial charge in [0.25, 0.3) is 0 Å². The van der Waals surface area contributed by atoms with Crippen LogP contribution in [0.25, 0.3) is 44.5 Å². The lowest BCUT2D eigenvalue weighted by Gasteiger charge is -2.27. The predicted octanol–water partition coefficient (Wildman–Crippen LogP) is 5.08. The Kier molecular flexibility index (Phi) is 5.79. The van der Waals surface area contributed by atoms with Gasteiger partial charge in [0, 0.05) is 29.5 Å². The standard InChI is InChI=1S/C29H29N7O/c1-17-14-23(18-6-4-3-5-7-18)34-24-15-20(10-13-22(17)24)26-25-27(30)32-16-33-28(25)36(35-26)21-11-8-19(9-12-21)29(37)31-2/h3-7,10,13-16,19,21H,8-9,11-12H2,1-2H3,(H,31,37)(H2,30,32,33). The first kappa shape index (κ1) is 23.1. The van der Waals surface area contributed by atoms with Crippen molar-refractivity contribution in [3.8, 4) is 22.5 Å². The van der Waals surface area contributed by atoms with Crippen LogP contribution in [-0.4, -0.2) is 37.7 Å². The Labute approximate surface area is 215 Å². The van der Waals surface area contributed by atoms with Crippen LogP contribution in [0.5, 0.6) is 0 Å². The summed E-state index contributed by atoms with van der Waals surface area (Å²) >= 11 is 0. The first-order chi connectivity index (χ1) is 18.0. The highest BCUT2D eigenvalue weighted by molar-refractivity contribution is 6.00. The van der Waals surface area contributed by atoms with Gasteiger partial charge in [-0.05, 0) is 50.3 Å². The number of anilines is 1. The number of hydrogen-bond donors (Lipinski definition) is 2. The van der Waals surface area contributed by atoms with Gasteiger partial charge in [0.2, 0.25) is 5.91 Å². The van der Waals surface area contributed by atoms with Crippen molar-refractivity contribution in [2.75, 3.05) is 12.8 Å². The second kappa shape index (κ2) is 9.28. The molecular formula is C29H29N7O. The van der Waals surface area contributed by atoms with Gasteiger partial charge in [-0.3, -0.25) is 4.79 Å². The number of aromatic nitrogens is 5. The van der Waals surface area contributed by atoms with Gasteiger partial charge in [0.15, 0.2) is 5.65 Å². The molecule has 8 heteroatoms. The van der Waals surface area contributed by atoms with Crippen molar-refractivity contribution in [1.29, 1.82) is 0 Å². The number of nitrogens with one attached hydrogen (secondary N) is 1. The van der Waals surface area contributed by atoms with Crippen LogP contribution in [0.3, 0.4) is 0 Å². The molecule has 0 spiro atoms. The van der Waals surface area contributed by atoms with Crippen molar-refractivity contribution in [3.63, 3.8) is 0 Å². The van der Waals surface area contributed by atoms with Crippen LogP contribution in [0, 0.1) is 12.8 Å². The molecule has 3 heterocycles. The van der Waals surface area contributed by atoms with E-state index in [1.54, 1.807) is 7.05 Å². The lowest BCUT2D eigenvalue weighted by molar-refractivity contribution is -0.125. The number of benzene rings is 2. The molecule has 37 heavy (non-hydrogen) atoms. The third-order valence-corrected chi connectivity index (χ3v) is 7.54. The Morgan fingerprint density at radius 1 is 1.00 bits per heavy atom. The SMILES string of the molecule is CNC(=O)C1CCC(n2nc(-c3ccc4c(C)cc(-c5ccccc5)nc4c3)c3c(N)ncnc32)CC1. The zero-order chi connectivity index (χ0) is 25.5. The number of hydrogen-bond acceptors (Lipinski definition) is 6. The predicted molar refractivity (Wildman–Crippen MR) is 146 cm³/mol. The molecule has 1 aliphatic rings. The highest BCUT2D eigenvalue weighted by Crippen LogP contribution is 2.38. The molecule has 6 rings (SSSR count). The maximum Gasteiger partial charge on any atom is 0.222 e.